The second-order valence-electron chi connectivity index (χ2n) is 9.01. The number of methoxy groups -OCH3 is 3. The zero-order valence-corrected chi connectivity index (χ0v) is 21.6. The number of rotatable bonds is 8. The number of hydrogen-bond donors (Lipinski definition) is 0. The molecule has 0 aromatic heterocycles. The van der Waals surface area contributed by atoms with E-state index in [0.29, 0.717) is 28.4 Å². The van der Waals surface area contributed by atoms with Crippen LogP contribution in [-0.2, 0) is 9.53 Å². The van der Waals surface area contributed by atoms with Crippen molar-refractivity contribution >= 4 is 17.6 Å². The average molecular weight is 514 g/mol. The molecule has 0 saturated carbocycles. The maximum Gasteiger partial charge on any atom is 0.326 e. The van der Waals surface area contributed by atoms with E-state index in [1.807, 2.05) is 0 Å². The van der Waals surface area contributed by atoms with E-state index < -0.39 is 41.2 Å². The molecule has 196 valence electrons. The van der Waals surface area contributed by atoms with Gasteiger partial charge in [0.25, 0.3) is 5.91 Å². The van der Waals surface area contributed by atoms with E-state index in [9.17, 15) is 18.4 Å². The minimum Gasteiger partial charge on any atom is -0.493 e. The first kappa shape index (κ1) is 27.4. The predicted molar refractivity (Wildman–Crippen MR) is 135 cm³/mol. The molecule has 37 heavy (non-hydrogen) atoms. The van der Waals surface area contributed by atoms with Crippen molar-refractivity contribution < 1.29 is 37.3 Å². The highest BCUT2D eigenvalue weighted by Gasteiger charge is 2.29. The number of amides is 1. The summed E-state index contributed by atoms with van der Waals surface area (Å²) < 4.78 is 50.8. The molecule has 0 unspecified atom stereocenters. The normalized spacial score (nSPS) is 11.0. The molecular weight excluding hydrogens is 484 g/mol. The summed E-state index contributed by atoms with van der Waals surface area (Å²) in [5.41, 5.74) is -0.202. The molecule has 3 rings (SSSR count). The van der Waals surface area contributed by atoms with Gasteiger partial charge in [-0.15, -0.1) is 0 Å². The summed E-state index contributed by atoms with van der Waals surface area (Å²) in [6, 6.07) is 13.1. The van der Waals surface area contributed by atoms with Crippen LogP contribution in [0.3, 0.4) is 0 Å². The van der Waals surface area contributed by atoms with Crippen LogP contribution in [0.25, 0.3) is 11.1 Å². The van der Waals surface area contributed by atoms with E-state index >= 15 is 0 Å². The fraction of sp³-hybridized carbons (Fsp3) is 0.286. The third-order valence-corrected chi connectivity index (χ3v) is 5.30. The fourth-order valence-electron chi connectivity index (χ4n) is 3.79. The van der Waals surface area contributed by atoms with Gasteiger partial charge in [-0.25, -0.2) is 8.78 Å². The zero-order chi connectivity index (χ0) is 27.3. The van der Waals surface area contributed by atoms with Crippen LogP contribution < -0.4 is 19.1 Å². The molecule has 0 saturated heterocycles. The average Bonchev–Trinajstić information content (AvgIpc) is 2.85. The van der Waals surface area contributed by atoms with E-state index in [-0.39, 0.29) is 5.69 Å². The Hall–Kier alpha value is -4.14. The Bertz CT molecular complexity index is 1280. The van der Waals surface area contributed by atoms with Crippen molar-refractivity contribution in [2.24, 2.45) is 0 Å². The summed E-state index contributed by atoms with van der Waals surface area (Å²) in [6.07, 6.45) is 0. The van der Waals surface area contributed by atoms with Crippen LogP contribution in [0, 0.1) is 11.6 Å². The highest BCUT2D eigenvalue weighted by molar-refractivity contribution is 6.09. The summed E-state index contributed by atoms with van der Waals surface area (Å²) >= 11 is 0. The van der Waals surface area contributed by atoms with Crippen molar-refractivity contribution in [3.05, 3.63) is 71.8 Å². The number of carbonyl (C=O) groups is 2. The first-order valence-corrected chi connectivity index (χ1v) is 11.4. The fourth-order valence-corrected chi connectivity index (χ4v) is 3.79. The number of anilines is 1. The molecule has 0 spiro atoms. The van der Waals surface area contributed by atoms with Crippen molar-refractivity contribution in [3.63, 3.8) is 0 Å². The van der Waals surface area contributed by atoms with Crippen molar-refractivity contribution in [1.29, 1.82) is 0 Å². The molecule has 0 radical (unpaired) electrons. The summed E-state index contributed by atoms with van der Waals surface area (Å²) in [7, 11) is 4.45. The van der Waals surface area contributed by atoms with Gasteiger partial charge in [0.05, 0.1) is 21.3 Å². The number of halogens is 2. The van der Waals surface area contributed by atoms with E-state index in [1.54, 1.807) is 57.2 Å². The lowest BCUT2D eigenvalue weighted by Gasteiger charge is -2.26. The van der Waals surface area contributed by atoms with Crippen molar-refractivity contribution in [1.82, 2.24) is 0 Å². The van der Waals surface area contributed by atoms with Gasteiger partial charge in [-0.3, -0.25) is 14.5 Å². The van der Waals surface area contributed by atoms with Crippen LogP contribution >= 0.6 is 0 Å². The lowest BCUT2D eigenvalue weighted by molar-refractivity contribution is -0.152. The van der Waals surface area contributed by atoms with Gasteiger partial charge >= 0.3 is 5.97 Å². The Morgan fingerprint density at radius 2 is 1.46 bits per heavy atom. The van der Waals surface area contributed by atoms with Crippen molar-refractivity contribution in [2.75, 3.05) is 32.8 Å². The Morgan fingerprint density at radius 3 is 2.03 bits per heavy atom. The van der Waals surface area contributed by atoms with Gasteiger partial charge in [-0.1, -0.05) is 18.2 Å². The van der Waals surface area contributed by atoms with Gasteiger partial charge < -0.3 is 18.9 Å². The second-order valence-corrected chi connectivity index (χ2v) is 9.01. The summed E-state index contributed by atoms with van der Waals surface area (Å²) in [4.78, 5) is 27.1. The molecule has 0 atom stereocenters. The smallest absolute Gasteiger partial charge is 0.326 e. The molecule has 0 bridgehead atoms. The van der Waals surface area contributed by atoms with E-state index in [1.165, 1.54) is 21.3 Å². The topological polar surface area (TPSA) is 74.3 Å². The predicted octanol–water partition coefficient (Wildman–Crippen LogP) is 5.65. The van der Waals surface area contributed by atoms with Crippen LogP contribution in [0.15, 0.2) is 54.6 Å². The molecule has 7 nitrogen and oxygen atoms in total. The summed E-state index contributed by atoms with van der Waals surface area (Å²) in [5.74, 6) is -2.67. The van der Waals surface area contributed by atoms with Crippen LogP contribution in [0.5, 0.6) is 17.2 Å². The van der Waals surface area contributed by atoms with E-state index in [0.717, 1.165) is 23.1 Å². The molecule has 9 heteroatoms. The Morgan fingerprint density at radius 1 is 0.838 bits per heavy atom. The highest BCUT2D eigenvalue weighted by atomic mass is 19.1. The van der Waals surface area contributed by atoms with Gasteiger partial charge in [0, 0.05) is 11.3 Å². The summed E-state index contributed by atoms with van der Waals surface area (Å²) in [6.45, 7) is 4.46. The van der Waals surface area contributed by atoms with Crippen molar-refractivity contribution in [3.8, 4) is 28.4 Å². The monoisotopic (exact) mass is 513 g/mol. The third kappa shape index (κ3) is 6.17. The Kier molecular flexibility index (Phi) is 8.37. The van der Waals surface area contributed by atoms with Crippen LogP contribution in [0.4, 0.5) is 14.5 Å². The van der Waals surface area contributed by atoms with E-state index in [2.05, 4.69) is 0 Å². The molecular formula is C28H29F2NO6. The molecule has 0 N–H and O–H groups in total. The number of nitrogens with zero attached hydrogens (tertiary/aromatic N) is 1. The molecule has 0 fully saturated rings. The van der Waals surface area contributed by atoms with Gasteiger partial charge in [-0.2, -0.15) is 0 Å². The van der Waals surface area contributed by atoms with Gasteiger partial charge in [0.2, 0.25) is 5.75 Å². The lowest BCUT2D eigenvalue weighted by atomic mass is 10.0. The standard InChI is InChI=1S/C28H29F2NO6/c1-28(2,3)37-23(32)16-31(27(33)24-20(29)11-8-12-21(24)30)18-10-7-9-17(15-18)19-13-14-22(34-4)26(36-6)25(19)35-5/h7-15H,16H2,1-6H3. The largest absolute Gasteiger partial charge is 0.493 e. The van der Waals surface area contributed by atoms with Crippen molar-refractivity contribution in [2.45, 2.75) is 26.4 Å². The SMILES string of the molecule is COc1ccc(-c2cccc(N(CC(=O)OC(C)(C)C)C(=O)c3c(F)cccc3F)c2)c(OC)c1OC. The first-order valence-electron chi connectivity index (χ1n) is 11.4. The number of benzene rings is 3. The quantitative estimate of drug-likeness (QED) is 0.363. The van der Waals surface area contributed by atoms with Crippen LogP contribution in [-0.4, -0.2) is 45.4 Å². The van der Waals surface area contributed by atoms with Gasteiger partial charge in [-0.05, 0) is 62.7 Å². The number of carbonyl (C=O) groups excluding carboxylic acids is 2. The number of hydrogen-bond acceptors (Lipinski definition) is 6. The molecule has 3 aromatic carbocycles. The molecule has 3 aromatic rings. The van der Waals surface area contributed by atoms with Gasteiger partial charge in [0.1, 0.15) is 29.3 Å². The second kappa shape index (κ2) is 11.3. The molecule has 0 aliphatic carbocycles. The number of esters is 1. The van der Waals surface area contributed by atoms with Gasteiger partial charge in [0.15, 0.2) is 11.5 Å². The van der Waals surface area contributed by atoms with E-state index in [4.69, 9.17) is 18.9 Å². The molecule has 1 amide bonds. The molecule has 0 aliphatic heterocycles. The minimum atomic E-state index is -1.04. The van der Waals surface area contributed by atoms with Crippen LogP contribution in [0.1, 0.15) is 31.1 Å². The summed E-state index contributed by atoms with van der Waals surface area (Å²) in [5, 5.41) is 0. The Balaban J connectivity index is 2.14. The maximum absolute atomic E-state index is 14.5. The highest BCUT2D eigenvalue weighted by Crippen LogP contribution is 2.44. The molecule has 0 aliphatic rings. The Labute approximate surface area is 214 Å². The lowest BCUT2D eigenvalue weighted by Crippen LogP contribution is -2.39. The minimum absolute atomic E-state index is 0.216. The maximum atomic E-state index is 14.5. The first-order chi connectivity index (χ1) is 17.5. The number of ether oxygens (including phenoxy) is 4. The molecule has 0 heterocycles. The zero-order valence-electron chi connectivity index (χ0n) is 21.6. The van der Waals surface area contributed by atoms with Crippen LogP contribution in [0.2, 0.25) is 0 Å². The third-order valence-electron chi connectivity index (χ3n) is 5.30.